The van der Waals surface area contributed by atoms with E-state index in [-0.39, 0.29) is 6.04 Å². The fourth-order valence-corrected chi connectivity index (χ4v) is 6.89. The molecule has 4 bridgehead atoms. The van der Waals surface area contributed by atoms with Crippen LogP contribution in [0.5, 0.6) is 0 Å². The summed E-state index contributed by atoms with van der Waals surface area (Å²) in [5, 5.41) is 14.5. The third-order valence-electron chi connectivity index (χ3n) is 7.04. The predicted octanol–water partition coefficient (Wildman–Crippen LogP) is 2.23. The van der Waals surface area contributed by atoms with Gasteiger partial charge in [-0.15, -0.1) is 0 Å². The number of ketones is 1. The van der Waals surface area contributed by atoms with E-state index in [4.69, 9.17) is 0 Å². The van der Waals surface area contributed by atoms with E-state index in [1.807, 2.05) is 12.2 Å². The van der Waals surface area contributed by atoms with Crippen molar-refractivity contribution in [2.45, 2.75) is 50.2 Å². The first-order chi connectivity index (χ1) is 13.2. The van der Waals surface area contributed by atoms with Crippen molar-refractivity contribution in [2.75, 3.05) is 17.3 Å². The lowest BCUT2D eigenvalue weighted by molar-refractivity contribution is -0.129. The van der Waals surface area contributed by atoms with Gasteiger partial charge in [-0.05, 0) is 49.9 Å². The van der Waals surface area contributed by atoms with Crippen molar-refractivity contribution in [3.8, 4) is 0 Å². The van der Waals surface area contributed by atoms with Crippen LogP contribution in [-0.2, 0) is 16.3 Å². The van der Waals surface area contributed by atoms with Crippen molar-refractivity contribution in [1.82, 2.24) is 4.98 Å². The molecule has 2 N–H and O–H groups in total. The highest BCUT2D eigenvalue weighted by Crippen LogP contribution is 2.56. The molecule has 0 amide bonds. The zero-order valence-electron chi connectivity index (χ0n) is 16.0. The quantitative estimate of drug-likeness (QED) is 0.733. The van der Waals surface area contributed by atoms with Gasteiger partial charge >= 0.3 is 0 Å². The number of pyridine rings is 1. The molecular formula is C21H26N2O4S. The summed E-state index contributed by atoms with van der Waals surface area (Å²) in [5.74, 6) is 0.468. The number of fused-ring (bicyclic) bond motifs is 1. The van der Waals surface area contributed by atoms with Gasteiger partial charge in [0.15, 0.2) is 15.6 Å². The van der Waals surface area contributed by atoms with Crippen LogP contribution in [-0.4, -0.2) is 47.9 Å². The normalized spacial score (nSPS) is 35.2. The van der Waals surface area contributed by atoms with Gasteiger partial charge in [0.2, 0.25) is 0 Å². The molecule has 150 valence electrons. The van der Waals surface area contributed by atoms with Gasteiger partial charge in [0.25, 0.3) is 0 Å². The number of carbonyl (C=O) groups is 1. The van der Waals surface area contributed by atoms with Crippen LogP contribution in [0, 0.1) is 17.8 Å². The van der Waals surface area contributed by atoms with E-state index in [1.54, 1.807) is 0 Å². The van der Waals surface area contributed by atoms with E-state index in [0.29, 0.717) is 23.3 Å². The number of aromatic nitrogens is 1. The number of aliphatic hydroxyl groups is 1. The molecule has 7 heteroatoms. The minimum atomic E-state index is -3.42. The van der Waals surface area contributed by atoms with Crippen molar-refractivity contribution in [3.05, 3.63) is 29.1 Å². The molecule has 3 unspecified atom stereocenters. The van der Waals surface area contributed by atoms with Crippen molar-refractivity contribution < 1.29 is 18.3 Å². The fourth-order valence-electron chi connectivity index (χ4n) is 6.26. The number of hydrogen-bond acceptors (Lipinski definition) is 6. The lowest BCUT2D eigenvalue weighted by Gasteiger charge is -2.58. The number of rotatable bonds is 5. The second-order valence-corrected chi connectivity index (χ2v) is 11.5. The molecule has 0 saturated heterocycles. The molecule has 5 atom stereocenters. The fraction of sp³-hybridized carbons (Fsp3) is 0.619. The topological polar surface area (TPSA) is 96.4 Å². The number of nitrogens with one attached hydrogen (secondary N) is 1. The van der Waals surface area contributed by atoms with Gasteiger partial charge in [0, 0.05) is 30.5 Å². The minimum Gasteiger partial charge on any atom is -0.390 e. The zero-order valence-corrected chi connectivity index (χ0v) is 16.8. The third kappa shape index (κ3) is 3.08. The summed E-state index contributed by atoms with van der Waals surface area (Å²) in [7, 11) is -3.42. The van der Waals surface area contributed by atoms with E-state index in [1.165, 1.54) is 6.20 Å². The number of Topliss-reactive ketones (excluding diaryl/α,β-unsaturated/α-hetero) is 1. The minimum absolute atomic E-state index is 0.210. The molecule has 6 nitrogen and oxygen atoms in total. The van der Waals surface area contributed by atoms with Crippen molar-refractivity contribution in [2.24, 2.45) is 17.8 Å². The van der Waals surface area contributed by atoms with Crippen LogP contribution >= 0.6 is 0 Å². The average Bonchev–Trinajstić information content (AvgIpc) is 3.03. The van der Waals surface area contributed by atoms with E-state index < -0.39 is 27.0 Å². The lowest BCUT2D eigenvalue weighted by Crippen LogP contribution is -2.59. The monoisotopic (exact) mass is 402 g/mol. The SMILES string of the molecule is CS(=O)(=O)CC(=O)c1cnc2c(c1NC1[C@@H]3CC4C[C@H]1CC(O)(C4)C3)C=CC2. The number of anilines is 1. The summed E-state index contributed by atoms with van der Waals surface area (Å²) >= 11 is 0. The summed E-state index contributed by atoms with van der Waals surface area (Å²) < 4.78 is 23.4. The Morgan fingerprint density at radius 2 is 2.00 bits per heavy atom. The van der Waals surface area contributed by atoms with Crippen LogP contribution in [0.1, 0.15) is 53.7 Å². The zero-order chi connectivity index (χ0) is 19.7. The molecule has 0 radical (unpaired) electrons. The van der Waals surface area contributed by atoms with E-state index in [2.05, 4.69) is 10.3 Å². The Labute approximate surface area is 165 Å². The molecule has 4 fully saturated rings. The van der Waals surface area contributed by atoms with Crippen LogP contribution < -0.4 is 5.32 Å². The first-order valence-corrected chi connectivity index (χ1v) is 12.2. The van der Waals surface area contributed by atoms with E-state index in [9.17, 15) is 18.3 Å². The van der Waals surface area contributed by atoms with Crippen LogP contribution in [0.15, 0.2) is 12.3 Å². The largest absolute Gasteiger partial charge is 0.390 e. The molecule has 0 spiro atoms. The number of nitrogens with zero attached hydrogens (tertiary/aromatic N) is 1. The molecule has 1 aromatic heterocycles. The van der Waals surface area contributed by atoms with Crippen LogP contribution in [0.4, 0.5) is 5.69 Å². The summed E-state index contributed by atoms with van der Waals surface area (Å²) in [4.78, 5) is 17.2. The molecule has 1 aromatic rings. The number of allylic oxidation sites excluding steroid dienone is 1. The van der Waals surface area contributed by atoms with Gasteiger partial charge in [-0.3, -0.25) is 9.78 Å². The molecule has 0 aliphatic heterocycles. The second kappa shape index (κ2) is 6.13. The standard InChI is InChI=1S/C21H26N2O4S/c1-28(26,27)11-18(24)16-10-22-17-4-2-3-15(17)20(16)23-19-13-5-12-6-14(19)9-21(25,7-12)8-13/h2-3,10,12-14,19,25H,4-9,11H2,1H3,(H,22,23)/t12?,13-,14+,19?,21?. The number of carbonyl (C=O) groups excluding carboxylic acids is 1. The maximum absolute atomic E-state index is 12.8. The Hall–Kier alpha value is -1.73. The highest BCUT2D eigenvalue weighted by molar-refractivity contribution is 7.91. The van der Waals surface area contributed by atoms with Crippen molar-refractivity contribution in [1.29, 1.82) is 0 Å². The van der Waals surface area contributed by atoms with Gasteiger partial charge in [-0.2, -0.15) is 0 Å². The van der Waals surface area contributed by atoms with Crippen LogP contribution in [0.2, 0.25) is 0 Å². The maximum atomic E-state index is 12.8. The number of hydrogen-bond donors (Lipinski definition) is 2. The van der Waals surface area contributed by atoms with Gasteiger partial charge in [0.1, 0.15) is 5.75 Å². The Kier molecular flexibility index (Phi) is 4.01. The van der Waals surface area contributed by atoms with Crippen molar-refractivity contribution >= 4 is 27.4 Å². The molecule has 5 aliphatic carbocycles. The molecule has 28 heavy (non-hydrogen) atoms. The van der Waals surface area contributed by atoms with Crippen LogP contribution in [0.3, 0.4) is 0 Å². The van der Waals surface area contributed by atoms with Gasteiger partial charge in [0.05, 0.1) is 22.5 Å². The first kappa shape index (κ1) is 18.3. The average molecular weight is 403 g/mol. The molecular weight excluding hydrogens is 376 g/mol. The van der Waals surface area contributed by atoms with E-state index >= 15 is 0 Å². The summed E-state index contributed by atoms with van der Waals surface area (Å²) in [6.07, 6.45) is 12.1. The highest BCUT2D eigenvalue weighted by atomic mass is 32.2. The van der Waals surface area contributed by atoms with Gasteiger partial charge in [-0.1, -0.05) is 12.2 Å². The number of sulfone groups is 1. The predicted molar refractivity (Wildman–Crippen MR) is 107 cm³/mol. The molecule has 5 aliphatic rings. The lowest BCUT2D eigenvalue weighted by atomic mass is 9.52. The highest BCUT2D eigenvalue weighted by Gasteiger charge is 2.54. The van der Waals surface area contributed by atoms with Gasteiger partial charge in [-0.25, -0.2) is 8.42 Å². The second-order valence-electron chi connectivity index (χ2n) is 9.37. The summed E-state index contributed by atoms with van der Waals surface area (Å²) in [6.45, 7) is 0. The maximum Gasteiger partial charge on any atom is 0.181 e. The molecule has 1 heterocycles. The third-order valence-corrected chi connectivity index (χ3v) is 7.83. The molecule has 0 aromatic carbocycles. The Bertz CT molecular complexity index is 968. The molecule has 6 rings (SSSR count). The smallest absolute Gasteiger partial charge is 0.181 e. The summed E-state index contributed by atoms with van der Waals surface area (Å²) in [5.41, 5.74) is 2.41. The van der Waals surface area contributed by atoms with Crippen molar-refractivity contribution in [3.63, 3.8) is 0 Å². The van der Waals surface area contributed by atoms with E-state index in [0.717, 1.165) is 61.7 Å². The van der Waals surface area contributed by atoms with Crippen LogP contribution in [0.25, 0.3) is 6.08 Å². The Morgan fingerprint density at radius 1 is 1.29 bits per heavy atom. The molecule has 4 saturated carbocycles. The Morgan fingerprint density at radius 3 is 2.64 bits per heavy atom. The first-order valence-electron chi connectivity index (χ1n) is 10.1. The Balaban J connectivity index is 1.50. The van der Waals surface area contributed by atoms with Gasteiger partial charge < -0.3 is 10.4 Å². The summed E-state index contributed by atoms with van der Waals surface area (Å²) in [6, 6.07) is 0.210.